The van der Waals surface area contributed by atoms with Crippen LogP contribution >= 0.6 is 0 Å². The molecule has 2 rings (SSSR count). The van der Waals surface area contributed by atoms with Crippen LogP contribution in [0.1, 0.15) is 13.8 Å². The minimum absolute atomic E-state index is 0.155. The first kappa shape index (κ1) is 18.9. The highest BCUT2D eigenvalue weighted by Crippen LogP contribution is 2.20. The number of carbonyl (C=O) groups is 2. The lowest BCUT2D eigenvalue weighted by molar-refractivity contribution is -0.137. The Hall–Kier alpha value is -2.39. The third-order valence-corrected chi connectivity index (χ3v) is 5.70. The lowest BCUT2D eigenvalue weighted by Gasteiger charge is -2.17. The van der Waals surface area contributed by atoms with Gasteiger partial charge in [-0.3, -0.25) is 9.59 Å². The van der Waals surface area contributed by atoms with Crippen LogP contribution in [-0.2, 0) is 26.2 Å². The summed E-state index contributed by atoms with van der Waals surface area (Å²) in [5.41, 5.74) is 1.18. The number of hydrogen-bond donors (Lipinski definition) is 2. The Kier molecular flexibility index (Phi) is 5.81. The number of nitrogens with zero attached hydrogens (tertiary/aromatic N) is 2. The number of nitrogens with one attached hydrogen (secondary N) is 1. The Morgan fingerprint density at radius 1 is 1.20 bits per heavy atom. The molecule has 0 aliphatic carbocycles. The summed E-state index contributed by atoms with van der Waals surface area (Å²) in [6, 6.07) is 6.71. The molecule has 1 aromatic heterocycles. The highest BCUT2D eigenvalue weighted by Gasteiger charge is 2.22. The fraction of sp³-hybridized carbons (Fsp3) is 0.375. The molecular weight excluding hydrogens is 346 g/mol. The molecule has 1 aromatic carbocycles. The number of aliphatic carboxylic acids is 1. The number of amides is 1. The third kappa shape index (κ3) is 4.58. The third-order valence-electron chi connectivity index (χ3n) is 3.77. The zero-order valence-corrected chi connectivity index (χ0v) is 14.9. The van der Waals surface area contributed by atoms with Crippen LogP contribution < -0.4 is 5.32 Å². The Balaban J connectivity index is 2.12. The maximum Gasteiger partial charge on any atom is 0.323 e. The van der Waals surface area contributed by atoms with E-state index in [4.69, 9.17) is 5.11 Å². The molecule has 0 unspecified atom stereocenters. The van der Waals surface area contributed by atoms with Crippen LogP contribution in [0.3, 0.4) is 0 Å². The molecule has 0 saturated heterocycles. The van der Waals surface area contributed by atoms with Gasteiger partial charge in [0, 0.05) is 35.9 Å². The van der Waals surface area contributed by atoms with Gasteiger partial charge < -0.3 is 15.0 Å². The van der Waals surface area contributed by atoms with Gasteiger partial charge in [-0.05, 0) is 24.3 Å². The van der Waals surface area contributed by atoms with Gasteiger partial charge >= 0.3 is 5.97 Å². The van der Waals surface area contributed by atoms with Gasteiger partial charge in [0.25, 0.3) is 0 Å². The number of rotatable bonds is 8. The molecule has 9 heteroatoms. The first-order chi connectivity index (χ1) is 11.8. The Labute approximate surface area is 146 Å². The lowest BCUT2D eigenvalue weighted by Crippen LogP contribution is -2.36. The average molecular weight is 367 g/mol. The summed E-state index contributed by atoms with van der Waals surface area (Å²) in [7, 11) is -3.64. The van der Waals surface area contributed by atoms with Crippen LogP contribution in [0.25, 0.3) is 10.9 Å². The van der Waals surface area contributed by atoms with E-state index in [9.17, 15) is 18.0 Å². The number of aromatic nitrogens is 1. The Morgan fingerprint density at radius 3 is 2.48 bits per heavy atom. The molecule has 0 aliphatic heterocycles. The Morgan fingerprint density at radius 2 is 1.88 bits per heavy atom. The van der Waals surface area contributed by atoms with E-state index in [0.717, 1.165) is 10.9 Å². The number of benzene rings is 1. The van der Waals surface area contributed by atoms with Crippen molar-refractivity contribution in [3.05, 3.63) is 30.5 Å². The fourth-order valence-electron chi connectivity index (χ4n) is 2.63. The second kappa shape index (κ2) is 7.66. The SMILES string of the molecule is CCN(CC)S(=O)(=O)CC(=O)Nc1ccc2c(ccn2CC(=O)O)c1. The number of fused-ring (bicyclic) bond motifs is 1. The van der Waals surface area contributed by atoms with E-state index in [2.05, 4.69) is 5.32 Å². The summed E-state index contributed by atoms with van der Waals surface area (Å²) < 4.78 is 27.1. The predicted octanol–water partition coefficient (Wildman–Crippen LogP) is 1.34. The quantitative estimate of drug-likeness (QED) is 0.732. The first-order valence-electron chi connectivity index (χ1n) is 7.85. The number of hydrogen-bond acceptors (Lipinski definition) is 4. The predicted molar refractivity (Wildman–Crippen MR) is 94.9 cm³/mol. The highest BCUT2D eigenvalue weighted by atomic mass is 32.2. The number of carbonyl (C=O) groups excluding carboxylic acids is 1. The van der Waals surface area contributed by atoms with E-state index in [1.54, 1.807) is 48.9 Å². The number of carboxylic acids is 1. The minimum Gasteiger partial charge on any atom is -0.480 e. The summed E-state index contributed by atoms with van der Waals surface area (Å²) in [6.07, 6.45) is 1.65. The second-order valence-electron chi connectivity index (χ2n) is 5.50. The van der Waals surface area contributed by atoms with E-state index in [1.165, 1.54) is 4.31 Å². The molecule has 1 heterocycles. The number of carboxylic acid groups (broad SMARTS) is 1. The lowest BCUT2D eigenvalue weighted by atomic mass is 10.2. The number of anilines is 1. The second-order valence-corrected chi connectivity index (χ2v) is 7.47. The molecule has 0 aliphatic rings. The van der Waals surface area contributed by atoms with Crippen molar-refractivity contribution in [1.82, 2.24) is 8.87 Å². The van der Waals surface area contributed by atoms with E-state index in [0.29, 0.717) is 18.8 Å². The van der Waals surface area contributed by atoms with Gasteiger partial charge in [-0.2, -0.15) is 0 Å². The monoisotopic (exact) mass is 367 g/mol. The van der Waals surface area contributed by atoms with E-state index in [1.807, 2.05) is 0 Å². The molecular formula is C16H21N3O5S. The van der Waals surface area contributed by atoms with Crippen LogP contribution in [-0.4, -0.2) is 53.1 Å². The normalized spacial score (nSPS) is 11.8. The van der Waals surface area contributed by atoms with Crippen molar-refractivity contribution in [2.24, 2.45) is 0 Å². The van der Waals surface area contributed by atoms with Gasteiger partial charge in [-0.15, -0.1) is 0 Å². The molecule has 25 heavy (non-hydrogen) atoms. The zero-order valence-electron chi connectivity index (χ0n) is 14.1. The first-order valence-corrected chi connectivity index (χ1v) is 9.46. The molecule has 0 fully saturated rings. The molecule has 1 amide bonds. The van der Waals surface area contributed by atoms with Crippen molar-refractivity contribution in [3.63, 3.8) is 0 Å². The maximum atomic E-state index is 12.1. The van der Waals surface area contributed by atoms with Crippen molar-refractivity contribution in [2.45, 2.75) is 20.4 Å². The van der Waals surface area contributed by atoms with Crippen molar-refractivity contribution in [3.8, 4) is 0 Å². The van der Waals surface area contributed by atoms with Crippen molar-refractivity contribution in [2.75, 3.05) is 24.2 Å². The maximum absolute atomic E-state index is 12.1. The van der Waals surface area contributed by atoms with E-state index < -0.39 is 27.7 Å². The molecule has 136 valence electrons. The average Bonchev–Trinajstić information content (AvgIpc) is 2.89. The Bertz CT molecular complexity index is 884. The van der Waals surface area contributed by atoms with Crippen LogP contribution in [0.4, 0.5) is 5.69 Å². The molecule has 0 saturated carbocycles. The van der Waals surface area contributed by atoms with Gasteiger partial charge in [0.15, 0.2) is 0 Å². The van der Waals surface area contributed by atoms with Gasteiger partial charge in [0.05, 0.1) is 0 Å². The molecule has 0 bridgehead atoms. The van der Waals surface area contributed by atoms with Crippen LogP contribution in [0.5, 0.6) is 0 Å². The summed E-state index contributed by atoms with van der Waals surface area (Å²) in [5, 5.41) is 12.2. The molecule has 0 radical (unpaired) electrons. The van der Waals surface area contributed by atoms with Crippen molar-refractivity contribution >= 4 is 38.5 Å². The van der Waals surface area contributed by atoms with Crippen molar-refractivity contribution in [1.29, 1.82) is 0 Å². The summed E-state index contributed by atoms with van der Waals surface area (Å²) in [5.74, 6) is -2.18. The smallest absolute Gasteiger partial charge is 0.323 e. The molecule has 2 N–H and O–H groups in total. The molecule has 2 aromatic rings. The van der Waals surface area contributed by atoms with Crippen LogP contribution in [0, 0.1) is 0 Å². The standard InChI is InChI=1S/C16H21N3O5S/c1-3-19(4-2)25(23,24)11-15(20)17-13-5-6-14-12(9-13)7-8-18(14)10-16(21)22/h5-9H,3-4,10-11H2,1-2H3,(H,17,20)(H,21,22). The molecule has 0 atom stereocenters. The minimum atomic E-state index is -3.64. The fourth-order valence-corrected chi connectivity index (χ4v) is 4.01. The number of sulfonamides is 1. The van der Waals surface area contributed by atoms with E-state index in [-0.39, 0.29) is 6.54 Å². The largest absolute Gasteiger partial charge is 0.480 e. The summed E-state index contributed by atoms with van der Waals surface area (Å²) in [4.78, 5) is 22.9. The zero-order chi connectivity index (χ0) is 18.6. The highest BCUT2D eigenvalue weighted by molar-refractivity contribution is 7.89. The van der Waals surface area contributed by atoms with Crippen LogP contribution in [0.2, 0.25) is 0 Å². The van der Waals surface area contributed by atoms with Crippen molar-refractivity contribution < 1.29 is 23.1 Å². The summed E-state index contributed by atoms with van der Waals surface area (Å²) >= 11 is 0. The molecule has 8 nitrogen and oxygen atoms in total. The van der Waals surface area contributed by atoms with Gasteiger partial charge in [0.2, 0.25) is 15.9 Å². The summed E-state index contributed by atoms with van der Waals surface area (Å²) in [6.45, 7) is 3.91. The van der Waals surface area contributed by atoms with E-state index >= 15 is 0 Å². The van der Waals surface area contributed by atoms with Crippen LogP contribution in [0.15, 0.2) is 30.5 Å². The topological polar surface area (TPSA) is 109 Å². The van der Waals surface area contributed by atoms with Gasteiger partial charge in [-0.1, -0.05) is 13.8 Å². The van der Waals surface area contributed by atoms with Gasteiger partial charge in [0.1, 0.15) is 12.3 Å². The van der Waals surface area contributed by atoms with Gasteiger partial charge in [-0.25, -0.2) is 12.7 Å². The molecule has 0 spiro atoms.